The quantitative estimate of drug-likeness (QED) is 0.728. The van der Waals surface area contributed by atoms with Gasteiger partial charge in [-0.25, -0.2) is 9.97 Å². The summed E-state index contributed by atoms with van der Waals surface area (Å²) in [6, 6.07) is 7.79. The molecule has 4 rings (SSSR count). The number of carbonyl (C=O) groups is 1. The predicted octanol–water partition coefficient (Wildman–Crippen LogP) is 2.81. The topological polar surface area (TPSA) is 82.8 Å². The summed E-state index contributed by atoms with van der Waals surface area (Å²) in [5, 5.41) is 13.3. The molecule has 0 atom stereocenters. The molecule has 0 aliphatic heterocycles. The smallest absolute Gasteiger partial charge is 0.253 e. The van der Waals surface area contributed by atoms with Gasteiger partial charge >= 0.3 is 0 Å². The zero-order valence-corrected chi connectivity index (χ0v) is 16.2. The zero-order chi connectivity index (χ0) is 19.7. The summed E-state index contributed by atoms with van der Waals surface area (Å²) in [7, 11) is 3.49. The molecule has 2 N–H and O–H groups in total. The molecular weight excluding hydrogens is 354 g/mol. The first-order chi connectivity index (χ1) is 13.5. The van der Waals surface area contributed by atoms with E-state index < -0.39 is 0 Å². The van der Waals surface area contributed by atoms with E-state index in [1.807, 2.05) is 41.1 Å². The molecule has 1 amide bonds. The van der Waals surface area contributed by atoms with Crippen LogP contribution in [-0.2, 0) is 0 Å². The van der Waals surface area contributed by atoms with Crippen LogP contribution in [0.1, 0.15) is 36.0 Å². The van der Waals surface area contributed by atoms with E-state index in [1.165, 1.54) is 0 Å². The van der Waals surface area contributed by atoms with Crippen LogP contribution in [0.3, 0.4) is 0 Å². The third-order valence-electron chi connectivity index (χ3n) is 5.22. The highest BCUT2D eigenvalue weighted by molar-refractivity contribution is 5.95. The van der Waals surface area contributed by atoms with Crippen molar-refractivity contribution in [3.8, 4) is 11.3 Å². The van der Waals surface area contributed by atoms with Crippen molar-refractivity contribution < 1.29 is 9.90 Å². The minimum atomic E-state index is -0.194. The summed E-state index contributed by atoms with van der Waals surface area (Å²) >= 11 is 0. The molecule has 1 aromatic carbocycles. The van der Waals surface area contributed by atoms with E-state index in [2.05, 4.69) is 10.3 Å². The number of fused-ring (bicyclic) bond motifs is 1. The average Bonchev–Trinajstić information content (AvgIpc) is 3.18. The Labute approximate surface area is 164 Å². The average molecular weight is 379 g/mol. The molecule has 1 saturated carbocycles. The van der Waals surface area contributed by atoms with E-state index in [-0.39, 0.29) is 18.1 Å². The normalized spacial score (nSPS) is 19.5. The van der Waals surface area contributed by atoms with Crippen LogP contribution in [0.2, 0.25) is 0 Å². The van der Waals surface area contributed by atoms with Crippen molar-refractivity contribution in [3.63, 3.8) is 0 Å². The van der Waals surface area contributed by atoms with Crippen molar-refractivity contribution in [3.05, 3.63) is 48.4 Å². The maximum atomic E-state index is 12.3. The summed E-state index contributed by atoms with van der Waals surface area (Å²) in [6.45, 7) is 0. The molecule has 7 heteroatoms. The number of carbonyl (C=O) groups excluding carboxylic acids is 1. The highest BCUT2D eigenvalue weighted by Gasteiger charge is 2.21. The van der Waals surface area contributed by atoms with Crippen LogP contribution in [0.4, 0.5) is 5.82 Å². The van der Waals surface area contributed by atoms with Crippen LogP contribution < -0.4 is 5.32 Å². The Hall–Kier alpha value is -2.93. The number of amides is 1. The van der Waals surface area contributed by atoms with Crippen LogP contribution in [0.25, 0.3) is 16.9 Å². The van der Waals surface area contributed by atoms with E-state index in [0.717, 1.165) is 48.4 Å². The highest BCUT2D eigenvalue weighted by Crippen LogP contribution is 2.26. The summed E-state index contributed by atoms with van der Waals surface area (Å²) in [4.78, 5) is 23.1. The molecule has 2 aromatic heterocycles. The zero-order valence-electron chi connectivity index (χ0n) is 16.2. The fraction of sp³-hybridized carbons (Fsp3) is 0.381. The lowest BCUT2D eigenvalue weighted by Gasteiger charge is -2.26. The molecule has 0 spiro atoms. The maximum Gasteiger partial charge on any atom is 0.253 e. The molecule has 28 heavy (non-hydrogen) atoms. The molecule has 0 saturated heterocycles. The Bertz CT molecular complexity index is 989. The van der Waals surface area contributed by atoms with Crippen molar-refractivity contribution in [1.82, 2.24) is 19.3 Å². The van der Waals surface area contributed by atoms with Crippen molar-refractivity contribution in [2.75, 3.05) is 19.4 Å². The van der Waals surface area contributed by atoms with E-state index in [1.54, 1.807) is 25.2 Å². The second-order valence-corrected chi connectivity index (χ2v) is 7.56. The molecule has 146 valence electrons. The molecule has 2 heterocycles. The summed E-state index contributed by atoms with van der Waals surface area (Å²) in [6.07, 6.45) is 8.80. The second kappa shape index (κ2) is 7.59. The molecule has 0 radical (unpaired) electrons. The minimum absolute atomic E-state index is 0.0373. The third kappa shape index (κ3) is 3.71. The van der Waals surface area contributed by atoms with Gasteiger partial charge in [-0.1, -0.05) is 12.1 Å². The number of aromatic nitrogens is 3. The van der Waals surface area contributed by atoms with Crippen molar-refractivity contribution in [2.45, 2.75) is 37.8 Å². The van der Waals surface area contributed by atoms with Crippen molar-refractivity contribution in [1.29, 1.82) is 0 Å². The fourth-order valence-electron chi connectivity index (χ4n) is 3.65. The second-order valence-electron chi connectivity index (χ2n) is 7.56. The molecule has 0 bridgehead atoms. The Kier molecular flexibility index (Phi) is 5.00. The highest BCUT2D eigenvalue weighted by atomic mass is 16.3. The van der Waals surface area contributed by atoms with Gasteiger partial charge in [-0.3, -0.25) is 4.79 Å². The van der Waals surface area contributed by atoms with Gasteiger partial charge in [0.1, 0.15) is 0 Å². The summed E-state index contributed by atoms with van der Waals surface area (Å²) in [5.74, 6) is 0.692. The maximum absolute atomic E-state index is 12.3. The number of rotatable bonds is 4. The molecule has 1 aliphatic rings. The van der Waals surface area contributed by atoms with Gasteiger partial charge in [0.2, 0.25) is 0 Å². The Morgan fingerprint density at radius 2 is 2.04 bits per heavy atom. The largest absolute Gasteiger partial charge is 0.393 e. The third-order valence-corrected chi connectivity index (χ3v) is 5.22. The van der Waals surface area contributed by atoms with E-state index >= 15 is 0 Å². The van der Waals surface area contributed by atoms with Crippen molar-refractivity contribution >= 4 is 17.4 Å². The molecule has 0 unspecified atom stereocenters. The van der Waals surface area contributed by atoms with Gasteiger partial charge in [-0.15, -0.1) is 0 Å². The standard InChI is InChI=1S/C21H25N5O2/c1-25(2)21(28)15-5-3-4-14(12-15)18-13-26-11-10-22-20(26)19(24-18)23-16-6-8-17(27)9-7-16/h3-5,10-13,16-17,27H,6-9H2,1-2H3,(H,23,24). The number of hydrogen-bond donors (Lipinski definition) is 2. The first kappa shape index (κ1) is 18.4. The molecule has 3 aromatic rings. The van der Waals surface area contributed by atoms with Gasteiger partial charge in [0.15, 0.2) is 11.5 Å². The molecular formula is C21H25N5O2. The lowest BCUT2D eigenvalue weighted by Crippen LogP contribution is -2.28. The Balaban J connectivity index is 1.69. The summed E-state index contributed by atoms with van der Waals surface area (Å²) < 4.78 is 1.95. The predicted molar refractivity (Wildman–Crippen MR) is 108 cm³/mol. The minimum Gasteiger partial charge on any atom is -0.393 e. The van der Waals surface area contributed by atoms with Gasteiger partial charge in [0, 0.05) is 49.9 Å². The number of aliphatic hydroxyl groups is 1. The summed E-state index contributed by atoms with van der Waals surface area (Å²) in [5.41, 5.74) is 3.06. The van der Waals surface area contributed by atoms with Crippen LogP contribution >= 0.6 is 0 Å². The van der Waals surface area contributed by atoms with Crippen LogP contribution in [0.15, 0.2) is 42.9 Å². The van der Waals surface area contributed by atoms with Crippen molar-refractivity contribution in [2.24, 2.45) is 0 Å². The number of nitrogens with one attached hydrogen (secondary N) is 1. The molecule has 7 nitrogen and oxygen atoms in total. The van der Waals surface area contributed by atoms with Crippen LogP contribution in [0.5, 0.6) is 0 Å². The van der Waals surface area contributed by atoms with E-state index in [4.69, 9.17) is 4.98 Å². The number of imidazole rings is 1. The van der Waals surface area contributed by atoms with Crippen LogP contribution in [0, 0.1) is 0 Å². The Morgan fingerprint density at radius 3 is 2.79 bits per heavy atom. The van der Waals surface area contributed by atoms with Gasteiger partial charge in [-0.2, -0.15) is 0 Å². The molecule has 1 fully saturated rings. The fourth-order valence-corrected chi connectivity index (χ4v) is 3.65. The SMILES string of the molecule is CN(C)C(=O)c1cccc(-c2cn3ccnc3c(NC3CCC(O)CC3)n2)c1. The lowest BCUT2D eigenvalue weighted by atomic mass is 9.93. The van der Waals surface area contributed by atoms with E-state index in [9.17, 15) is 9.90 Å². The number of hydrogen-bond acceptors (Lipinski definition) is 5. The lowest BCUT2D eigenvalue weighted by molar-refractivity contribution is 0.0827. The van der Waals surface area contributed by atoms with Gasteiger partial charge in [-0.05, 0) is 37.8 Å². The van der Waals surface area contributed by atoms with Gasteiger partial charge in [0.25, 0.3) is 5.91 Å². The first-order valence-electron chi connectivity index (χ1n) is 9.61. The number of benzene rings is 1. The first-order valence-corrected chi connectivity index (χ1v) is 9.61. The van der Waals surface area contributed by atoms with E-state index in [0.29, 0.717) is 5.56 Å². The van der Waals surface area contributed by atoms with Gasteiger partial charge in [0.05, 0.1) is 11.8 Å². The number of anilines is 1. The van der Waals surface area contributed by atoms with Gasteiger partial charge < -0.3 is 19.7 Å². The van der Waals surface area contributed by atoms with Crippen LogP contribution in [-0.4, -0.2) is 56.5 Å². The number of nitrogens with zero attached hydrogens (tertiary/aromatic N) is 4. The molecule has 1 aliphatic carbocycles. The monoisotopic (exact) mass is 379 g/mol. The Morgan fingerprint density at radius 1 is 1.25 bits per heavy atom. The number of aliphatic hydroxyl groups excluding tert-OH is 1.